The summed E-state index contributed by atoms with van der Waals surface area (Å²) in [5.41, 5.74) is 0. The summed E-state index contributed by atoms with van der Waals surface area (Å²) in [4.78, 5) is 25.6. The summed E-state index contributed by atoms with van der Waals surface area (Å²) in [6.45, 7) is 5.78. The van der Waals surface area contributed by atoms with E-state index in [1.165, 1.54) is 7.11 Å². The third kappa shape index (κ3) is 3.47. The molecule has 0 N–H and O–H groups in total. The average Bonchev–Trinajstić information content (AvgIpc) is 2.69. The van der Waals surface area contributed by atoms with Crippen molar-refractivity contribution < 1.29 is 13.9 Å². The predicted molar refractivity (Wildman–Crippen MR) is 71.0 cm³/mol. The zero-order chi connectivity index (χ0) is 14.7. The molecule has 1 aliphatic rings. The number of likely N-dealkylation sites (tertiary alicyclic amines) is 1. The number of hydrogen-bond acceptors (Lipinski definition) is 5. The largest absolute Gasteiger partial charge is 0.437 e. The molecule has 1 aromatic rings. The number of piperidine rings is 1. The quantitative estimate of drug-likeness (QED) is 0.803. The minimum atomic E-state index is -0.622. The Morgan fingerprint density at radius 1 is 1.40 bits per heavy atom. The van der Waals surface area contributed by atoms with Crippen molar-refractivity contribution in [3.05, 3.63) is 16.4 Å². The third-order valence-corrected chi connectivity index (χ3v) is 3.42. The van der Waals surface area contributed by atoms with E-state index >= 15 is 0 Å². The molecule has 1 saturated heterocycles. The molecule has 7 nitrogen and oxygen atoms in total. The zero-order valence-corrected chi connectivity index (χ0v) is 12.2. The Bertz CT molecular complexity index is 512. The maximum absolute atomic E-state index is 12.2. The molecule has 2 heterocycles. The molecule has 0 saturated carbocycles. The Hall–Kier alpha value is -1.63. The number of aromatic nitrogens is 2. The lowest BCUT2D eigenvalue weighted by atomic mass is 9.92. The van der Waals surface area contributed by atoms with Crippen molar-refractivity contribution in [1.29, 1.82) is 0 Å². The second-order valence-electron chi connectivity index (χ2n) is 5.60. The van der Waals surface area contributed by atoms with Crippen LogP contribution in [-0.2, 0) is 22.7 Å². The highest BCUT2D eigenvalue weighted by Gasteiger charge is 2.26. The van der Waals surface area contributed by atoms with Crippen LogP contribution in [0.15, 0.2) is 9.21 Å². The molecule has 0 aromatic carbocycles. The summed E-state index contributed by atoms with van der Waals surface area (Å²) in [6.07, 6.45) is 1.13. The smallest absolute Gasteiger partial charge is 0.390 e. The normalized spacial score (nSPS) is 23.1. The van der Waals surface area contributed by atoms with Crippen LogP contribution in [0.4, 0.5) is 0 Å². The van der Waals surface area contributed by atoms with Crippen molar-refractivity contribution >= 4 is 5.91 Å². The van der Waals surface area contributed by atoms with Gasteiger partial charge in [0.1, 0.15) is 13.2 Å². The van der Waals surface area contributed by atoms with Crippen LogP contribution >= 0.6 is 0 Å². The molecular weight excluding hydrogens is 262 g/mol. The van der Waals surface area contributed by atoms with Gasteiger partial charge in [-0.2, -0.15) is 4.68 Å². The first-order valence-electron chi connectivity index (χ1n) is 6.83. The van der Waals surface area contributed by atoms with Gasteiger partial charge in [0.15, 0.2) is 0 Å². The van der Waals surface area contributed by atoms with E-state index in [9.17, 15) is 9.59 Å². The lowest BCUT2D eigenvalue weighted by Crippen LogP contribution is -2.44. The number of rotatable bonds is 4. The van der Waals surface area contributed by atoms with E-state index in [1.807, 2.05) is 0 Å². The molecule has 2 atom stereocenters. The monoisotopic (exact) mass is 283 g/mol. The number of carbonyl (C=O) groups excluding carboxylic acids is 1. The molecular formula is C13H21N3O4. The molecule has 0 aliphatic carbocycles. The molecule has 0 bridgehead atoms. The van der Waals surface area contributed by atoms with Gasteiger partial charge in [0.25, 0.3) is 0 Å². The van der Waals surface area contributed by atoms with Gasteiger partial charge in [0, 0.05) is 20.2 Å². The van der Waals surface area contributed by atoms with E-state index < -0.39 is 5.76 Å². The molecule has 0 unspecified atom stereocenters. The van der Waals surface area contributed by atoms with Gasteiger partial charge in [-0.15, -0.1) is 5.10 Å². The van der Waals surface area contributed by atoms with Crippen LogP contribution in [0.3, 0.4) is 0 Å². The Balaban J connectivity index is 2.02. The molecule has 20 heavy (non-hydrogen) atoms. The van der Waals surface area contributed by atoms with E-state index in [0.717, 1.165) is 24.2 Å². The zero-order valence-electron chi connectivity index (χ0n) is 12.2. The van der Waals surface area contributed by atoms with Crippen molar-refractivity contribution in [1.82, 2.24) is 14.7 Å². The summed E-state index contributed by atoms with van der Waals surface area (Å²) in [6, 6.07) is 0. The fraction of sp³-hybridized carbons (Fsp3) is 0.769. The standard InChI is InChI=1S/C13H21N3O4/c1-9-4-10(2)6-15(5-9)12(17)7-16-13(18)20-11(14-16)8-19-3/h9-10H,4-8H2,1-3H3/t9-,10-/m1/s1. The van der Waals surface area contributed by atoms with Crippen molar-refractivity contribution in [3.63, 3.8) is 0 Å². The van der Waals surface area contributed by atoms with Crippen molar-refractivity contribution in [2.24, 2.45) is 11.8 Å². The Kier molecular flexibility index (Phi) is 4.59. The van der Waals surface area contributed by atoms with Gasteiger partial charge < -0.3 is 14.1 Å². The number of amides is 1. The summed E-state index contributed by atoms with van der Waals surface area (Å²) < 4.78 is 10.8. The molecule has 1 aliphatic heterocycles. The molecule has 1 fully saturated rings. The highest BCUT2D eigenvalue weighted by atomic mass is 16.5. The summed E-state index contributed by atoms with van der Waals surface area (Å²) >= 11 is 0. The number of hydrogen-bond donors (Lipinski definition) is 0. The van der Waals surface area contributed by atoms with E-state index in [1.54, 1.807) is 4.90 Å². The topological polar surface area (TPSA) is 77.6 Å². The fourth-order valence-corrected chi connectivity index (χ4v) is 2.73. The van der Waals surface area contributed by atoms with Crippen molar-refractivity contribution in [2.45, 2.75) is 33.4 Å². The maximum atomic E-state index is 12.2. The highest BCUT2D eigenvalue weighted by molar-refractivity contribution is 5.76. The van der Waals surface area contributed by atoms with Crippen molar-refractivity contribution in [2.75, 3.05) is 20.2 Å². The Morgan fingerprint density at radius 2 is 2.05 bits per heavy atom. The van der Waals surface area contributed by atoms with E-state index in [-0.39, 0.29) is 24.9 Å². The first kappa shape index (κ1) is 14.8. The molecule has 112 valence electrons. The summed E-state index contributed by atoms with van der Waals surface area (Å²) in [5, 5.41) is 3.94. The highest BCUT2D eigenvalue weighted by Crippen LogP contribution is 2.20. The van der Waals surface area contributed by atoms with Gasteiger partial charge in [-0.05, 0) is 18.3 Å². The number of ether oxygens (including phenoxy) is 1. The second-order valence-corrected chi connectivity index (χ2v) is 5.60. The second kappa shape index (κ2) is 6.21. The van der Waals surface area contributed by atoms with Crippen LogP contribution in [0.5, 0.6) is 0 Å². The lowest BCUT2D eigenvalue weighted by molar-refractivity contribution is -0.134. The van der Waals surface area contributed by atoms with Gasteiger partial charge >= 0.3 is 5.76 Å². The third-order valence-electron chi connectivity index (χ3n) is 3.42. The fourth-order valence-electron chi connectivity index (χ4n) is 2.73. The Labute approximate surface area is 117 Å². The minimum Gasteiger partial charge on any atom is -0.390 e. The van der Waals surface area contributed by atoms with E-state index in [4.69, 9.17) is 9.15 Å². The van der Waals surface area contributed by atoms with Crippen LogP contribution in [0.1, 0.15) is 26.2 Å². The van der Waals surface area contributed by atoms with Crippen LogP contribution in [0, 0.1) is 11.8 Å². The summed E-state index contributed by atoms with van der Waals surface area (Å²) in [5.74, 6) is 0.443. The summed E-state index contributed by atoms with van der Waals surface area (Å²) in [7, 11) is 1.49. The molecule has 1 amide bonds. The number of methoxy groups -OCH3 is 1. The van der Waals surface area contributed by atoms with Gasteiger partial charge in [-0.3, -0.25) is 4.79 Å². The molecule has 0 spiro atoms. The molecule has 7 heteroatoms. The molecule has 1 aromatic heterocycles. The van der Waals surface area contributed by atoms with E-state index in [0.29, 0.717) is 11.8 Å². The van der Waals surface area contributed by atoms with Gasteiger partial charge in [-0.1, -0.05) is 13.8 Å². The van der Waals surface area contributed by atoms with Gasteiger partial charge in [0.05, 0.1) is 0 Å². The predicted octanol–water partition coefficient (Wildman–Crippen LogP) is 0.487. The number of nitrogens with zero attached hydrogens (tertiary/aromatic N) is 3. The van der Waals surface area contributed by atoms with Crippen LogP contribution < -0.4 is 5.76 Å². The first-order chi connectivity index (χ1) is 9.49. The van der Waals surface area contributed by atoms with Crippen molar-refractivity contribution in [3.8, 4) is 0 Å². The SMILES string of the molecule is COCc1nn(CC(=O)N2C[C@H](C)C[C@@H](C)C2)c(=O)o1. The average molecular weight is 283 g/mol. The van der Waals surface area contributed by atoms with Crippen LogP contribution in [0.2, 0.25) is 0 Å². The minimum absolute atomic E-state index is 0.0779. The van der Waals surface area contributed by atoms with Crippen LogP contribution in [-0.4, -0.2) is 40.8 Å². The van der Waals surface area contributed by atoms with Crippen LogP contribution in [0.25, 0.3) is 0 Å². The Morgan fingerprint density at radius 3 is 2.65 bits per heavy atom. The maximum Gasteiger partial charge on any atom is 0.437 e. The molecule has 2 rings (SSSR count). The lowest BCUT2D eigenvalue weighted by Gasteiger charge is -2.34. The first-order valence-corrected chi connectivity index (χ1v) is 6.83. The molecule has 0 radical (unpaired) electrons. The van der Waals surface area contributed by atoms with Gasteiger partial charge in [0.2, 0.25) is 11.8 Å². The van der Waals surface area contributed by atoms with Gasteiger partial charge in [-0.25, -0.2) is 4.79 Å². The number of carbonyl (C=O) groups is 1. The van der Waals surface area contributed by atoms with E-state index in [2.05, 4.69) is 18.9 Å².